The third-order valence-electron chi connectivity index (χ3n) is 2.26. The minimum atomic E-state index is 0.788. The highest BCUT2D eigenvalue weighted by Crippen LogP contribution is 2.16. The molecule has 0 unspecified atom stereocenters. The third kappa shape index (κ3) is 3.99. The molecule has 1 aliphatic rings. The molecule has 0 amide bonds. The minimum absolute atomic E-state index is 0.788. The van der Waals surface area contributed by atoms with Gasteiger partial charge in [0.05, 0.1) is 0 Å². The van der Waals surface area contributed by atoms with E-state index in [-0.39, 0.29) is 0 Å². The summed E-state index contributed by atoms with van der Waals surface area (Å²) >= 11 is 1.43. The zero-order valence-electron chi connectivity index (χ0n) is 7.01. The first-order valence-corrected chi connectivity index (χ1v) is 5.53. The van der Waals surface area contributed by atoms with E-state index in [1.807, 2.05) is 0 Å². The summed E-state index contributed by atoms with van der Waals surface area (Å²) in [7, 11) is 0. The first-order chi connectivity index (χ1) is 5.43. The maximum Gasteiger partial charge on any atom is 0.0202 e. The van der Waals surface area contributed by atoms with Gasteiger partial charge in [-0.3, -0.25) is 5.14 Å². The molecule has 0 saturated heterocycles. The van der Waals surface area contributed by atoms with E-state index in [4.69, 9.17) is 5.14 Å². The quantitative estimate of drug-likeness (QED) is 0.501. The molecule has 0 atom stereocenters. The Kier molecular flexibility index (Phi) is 4.99. The monoisotopic (exact) mass is 174 g/mol. The zero-order valence-corrected chi connectivity index (χ0v) is 7.83. The number of nitrogens with two attached hydrogens (primary N) is 1. The lowest BCUT2D eigenvalue weighted by molar-refractivity contribution is 0.381. The maximum absolute atomic E-state index is 5.32. The van der Waals surface area contributed by atoms with Crippen LogP contribution in [0.4, 0.5) is 0 Å². The van der Waals surface area contributed by atoms with Crippen LogP contribution in [-0.4, -0.2) is 18.3 Å². The zero-order chi connectivity index (χ0) is 7.94. The predicted octanol–water partition coefficient (Wildman–Crippen LogP) is 1.52. The lowest BCUT2D eigenvalue weighted by Gasteiger charge is -2.22. The second-order valence-electron chi connectivity index (χ2n) is 3.16. The molecule has 0 aromatic heterocycles. The van der Waals surface area contributed by atoms with Crippen LogP contribution in [0.2, 0.25) is 0 Å². The largest absolute Gasteiger partial charge is 0.313 e. The van der Waals surface area contributed by atoms with Crippen LogP contribution in [0.25, 0.3) is 0 Å². The fraction of sp³-hybridized carbons (Fsp3) is 1.00. The fourth-order valence-electron chi connectivity index (χ4n) is 1.63. The van der Waals surface area contributed by atoms with Crippen LogP contribution in [0.5, 0.6) is 0 Å². The highest BCUT2D eigenvalue weighted by Gasteiger charge is 2.11. The van der Waals surface area contributed by atoms with Crippen LogP contribution in [0.15, 0.2) is 0 Å². The highest BCUT2D eigenvalue weighted by atomic mass is 32.2. The van der Waals surface area contributed by atoms with E-state index in [1.54, 1.807) is 0 Å². The summed E-state index contributed by atoms with van der Waals surface area (Å²) in [6.07, 6.45) is 7.00. The van der Waals surface area contributed by atoms with Gasteiger partial charge in [0.15, 0.2) is 0 Å². The fourth-order valence-corrected chi connectivity index (χ4v) is 1.86. The van der Waals surface area contributed by atoms with E-state index in [0.717, 1.165) is 18.3 Å². The van der Waals surface area contributed by atoms with E-state index in [2.05, 4.69) is 5.32 Å². The molecular formula is C8H18N2S. The second kappa shape index (κ2) is 5.86. The molecule has 0 aromatic rings. The summed E-state index contributed by atoms with van der Waals surface area (Å²) < 4.78 is 0. The molecule has 11 heavy (non-hydrogen) atoms. The molecule has 0 bridgehead atoms. The molecule has 66 valence electrons. The summed E-state index contributed by atoms with van der Waals surface area (Å²) in [5, 5.41) is 8.84. The Morgan fingerprint density at radius 2 is 2.00 bits per heavy atom. The van der Waals surface area contributed by atoms with Crippen LogP contribution in [0, 0.1) is 0 Å². The Morgan fingerprint density at radius 3 is 2.64 bits per heavy atom. The Morgan fingerprint density at radius 1 is 1.27 bits per heavy atom. The van der Waals surface area contributed by atoms with Gasteiger partial charge in [0, 0.05) is 18.3 Å². The van der Waals surface area contributed by atoms with Gasteiger partial charge in [-0.15, -0.1) is 0 Å². The molecule has 2 nitrogen and oxygen atoms in total. The van der Waals surface area contributed by atoms with E-state index in [1.165, 1.54) is 44.1 Å². The van der Waals surface area contributed by atoms with Crippen molar-refractivity contribution in [3.8, 4) is 0 Å². The molecule has 0 aliphatic heterocycles. The van der Waals surface area contributed by atoms with Crippen LogP contribution in [-0.2, 0) is 0 Å². The molecule has 0 aromatic carbocycles. The van der Waals surface area contributed by atoms with Gasteiger partial charge in [-0.1, -0.05) is 31.2 Å². The summed E-state index contributed by atoms with van der Waals surface area (Å²) in [5.74, 6) is 1.04. The summed E-state index contributed by atoms with van der Waals surface area (Å²) in [5.41, 5.74) is 0. The lowest BCUT2D eigenvalue weighted by Crippen LogP contribution is -2.32. The summed E-state index contributed by atoms with van der Waals surface area (Å²) in [6, 6.07) is 0.788. The smallest absolute Gasteiger partial charge is 0.0202 e. The van der Waals surface area contributed by atoms with Crippen LogP contribution >= 0.6 is 11.9 Å². The van der Waals surface area contributed by atoms with Gasteiger partial charge in [-0.05, 0) is 12.8 Å². The molecular weight excluding hydrogens is 156 g/mol. The molecule has 1 fully saturated rings. The molecule has 1 saturated carbocycles. The first kappa shape index (κ1) is 9.36. The van der Waals surface area contributed by atoms with E-state index < -0.39 is 0 Å². The topological polar surface area (TPSA) is 38.0 Å². The molecule has 3 heteroatoms. The molecule has 3 N–H and O–H groups in total. The van der Waals surface area contributed by atoms with Gasteiger partial charge >= 0.3 is 0 Å². The van der Waals surface area contributed by atoms with Crippen molar-refractivity contribution in [2.75, 3.05) is 12.3 Å². The van der Waals surface area contributed by atoms with Gasteiger partial charge in [0.1, 0.15) is 0 Å². The number of hydrogen-bond donors (Lipinski definition) is 2. The average Bonchev–Trinajstić information content (AvgIpc) is 2.07. The van der Waals surface area contributed by atoms with Crippen molar-refractivity contribution >= 4 is 11.9 Å². The SMILES string of the molecule is NSCCNC1CCCCC1. The van der Waals surface area contributed by atoms with Crippen molar-refractivity contribution in [2.45, 2.75) is 38.1 Å². The van der Waals surface area contributed by atoms with Gasteiger partial charge in [0.2, 0.25) is 0 Å². The maximum atomic E-state index is 5.32. The number of nitrogens with one attached hydrogen (secondary N) is 1. The molecule has 0 heterocycles. The summed E-state index contributed by atoms with van der Waals surface area (Å²) in [6.45, 7) is 1.08. The molecule has 0 spiro atoms. The van der Waals surface area contributed by atoms with Crippen molar-refractivity contribution in [1.82, 2.24) is 5.32 Å². The van der Waals surface area contributed by atoms with E-state index >= 15 is 0 Å². The van der Waals surface area contributed by atoms with Gasteiger partial charge in [0.25, 0.3) is 0 Å². The highest BCUT2D eigenvalue weighted by molar-refractivity contribution is 7.97. The number of rotatable bonds is 4. The van der Waals surface area contributed by atoms with Gasteiger partial charge < -0.3 is 5.32 Å². The van der Waals surface area contributed by atoms with E-state index in [9.17, 15) is 0 Å². The summed E-state index contributed by atoms with van der Waals surface area (Å²) in [4.78, 5) is 0. The van der Waals surface area contributed by atoms with Crippen molar-refractivity contribution in [2.24, 2.45) is 5.14 Å². The minimum Gasteiger partial charge on any atom is -0.313 e. The molecule has 1 aliphatic carbocycles. The Hall–Kier alpha value is 0.270. The predicted molar refractivity (Wildman–Crippen MR) is 51.5 cm³/mol. The third-order valence-corrected chi connectivity index (χ3v) is 2.70. The Balaban J connectivity index is 1.96. The number of hydrogen-bond acceptors (Lipinski definition) is 3. The first-order valence-electron chi connectivity index (χ1n) is 4.48. The van der Waals surface area contributed by atoms with Gasteiger partial charge in [-0.2, -0.15) is 0 Å². The van der Waals surface area contributed by atoms with Crippen LogP contribution in [0.1, 0.15) is 32.1 Å². The normalized spacial score (nSPS) is 20.5. The van der Waals surface area contributed by atoms with Crippen molar-refractivity contribution < 1.29 is 0 Å². The van der Waals surface area contributed by atoms with Gasteiger partial charge in [-0.25, -0.2) is 0 Å². The lowest BCUT2D eigenvalue weighted by atomic mass is 9.96. The Bertz CT molecular complexity index is 92.1. The van der Waals surface area contributed by atoms with Crippen molar-refractivity contribution in [3.63, 3.8) is 0 Å². The average molecular weight is 174 g/mol. The van der Waals surface area contributed by atoms with Crippen LogP contribution in [0.3, 0.4) is 0 Å². The van der Waals surface area contributed by atoms with E-state index in [0.29, 0.717) is 0 Å². The molecule has 1 rings (SSSR count). The van der Waals surface area contributed by atoms with Crippen molar-refractivity contribution in [1.29, 1.82) is 0 Å². The molecule has 0 radical (unpaired) electrons. The standard InChI is InChI=1S/C8H18N2S/c9-11-7-6-10-8-4-2-1-3-5-8/h8,10H,1-7,9H2. The van der Waals surface area contributed by atoms with Crippen LogP contribution < -0.4 is 10.5 Å². The second-order valence-corrected chi connectivity index (χ2v) is 3.90. The Labute approximate surface area is 73.4 Å². The van der Waals surface area contributed by atoms with Crippen molar-refractivity contribution in [3.05, 3.63) is 0 Å².